The zero-order valence-corrected chi connectivity index (χ0v) is 19.3. The lowest BCUT2D eigenvalue weighted by Gasteiger charge is -2.13. The number of rotatable bonds is 5. The summed E-state index contributed by atoms with van der Waals surface area (Å²) in [5.41, 5.74) is 4.55. The average Bonchev–Trinajstić information content (AvgIpc) is 2.89. The first kappa shape index (κ1) is 23.8. The Balaban J connectivity index is 0.000000286. The van der Waals surface area contributed by atoms with Gasteiger partial charge in [0, 0.05) is 16.7 Å². The molecular formula is C28H21NO2S2. The lowest BCUT2D eigenvalue weighted by atomic mass is 10.0. The zero-order valence-electron chi connectivity index (χ0n) is 17.7. The van der Waals surface area contributed by atoms with E-state index in [0.29, 0.717) is 10.6 Å². The number of hydrogen-bond acceptors (Lipinski definition) is 4. The van der Waals surface area contributed by atoms with Crippen molar-refractivity contribution in [3.05, 3.63) is 132 Å². The van der Waals surface area contributed by atoms with Gasteiger partial charge < -0.3 is 9.84 Å². The second-order valence-corrected chi connectivity index (χ2v) is 7.70. The summed E-state index contributed by atoms with van der Waals surface area (Å²) in [6.45, 7) is 0. The topological polar surface area (TPSA) is 53.2 Å². The van der Waals surface area contributed by atoms with Gasteiger partial charge in [0.2, 0.25) is 6.10 Å². The molecule has 0 heterocycles. The Morgan fingerprint density at radius 2 is 1.15 bits per heavy atom. The van der Waals surface area contributed by atoms with Crippen LogP contribution in [0.1, 0.15) is 22.8 Å². The molecule has 4 aromatic carbocycles. The van der Waals surface area contributed by atoms with Crippen molar-refractivity contribution in [1.82, 2.24) is 0 Å². The summed E-state index contributed by atoms with van der Waals surface area (Å²) in [6.07, 6.45) is -0.701. The molecule has 4 aromatic rings. The summed E-state index contributed by atoms with van der Waals surface area (Å²) in [4.78, 5) is 0. The lowest BCUT2D eigenvalue weighted by molar-refractivity contribution is 0.257. The van der Waals surface area contributed by atoms with Crippen LogP contribution in [0.25, 0.3) is 11.1 Å². The number of benzene rings is 4. The minimum Gasteiger partial charge on any atom is -0.499 e. The summed E-state index contributed by atoms with van der Waals surface area (Å²) in [5.74, 6) is 0. The van der Waals surface area contributed by atoms with Crippen molar-refractivity contribution in [1.29, 1.82) is 5.26 Å². The van der Waals surface area contributed by atoms with E-state index in [-0.39, 0.29) is 5.05 Å². The van der Waals surface area contributed by atoms with Crippen molar-refractivity contribution >= 4 is 34.5 Å². The quantitative estimate of drug-likeness (QED) is 0.314. The molecule has 0 aromatic heterocycles. The Labute approximate surface area is 204 Å². The molecule has 1 unspecified atom stereocenters. The fourth-order valence-corrected chi connectivity index (χ4v) is 3.35. The Bertz CT molecular complexity index is 1220. The molecule has 0 amide bonds. The van der Waals surface area contributed by atoms with E-state index in [9.17, 15) is 5.26 Å². The van der Waals surface area contributed by atoms with Crippen LogP contribution in [0.4, 0.5) is 0 Å². The largest absolute Gasteiger partial charge is 0.499 e. The van der Waals surface area contributed by atoms with Crippen LogP contribution in [0.3, 0.4) is 0 Å². The first-order chi connectivity index (χ1) is 16.1. The monoisotopic (exact) mass is 467 g/mol. The second kappa shape index (κ2) is 12.3. The van der Waals surface area contributed by atoms with Crippen LogP contribution >= 0.6 is 24.4 Å². The minimum atomic E-state index is -0.701. The summed E-state index contributed by atoms with van der Waals surface area (Å²) in [7, 11) is 0. The van der Waals surface area contributed by atoms with Gasteiger partial charge in [-0.3, -0.25) is 0 Å². The Hall–Kier alpha value is -3.85. The summed E-state index contributed by atoms with van der Waals surface area (Å²) in [6, 6.07) is 38.6. The normalized spacial score (nSPS) is 10.6. The van der Waals surface area contributed by atoms with Gasteiger partial charge in [0.05, 0.1) is 0 Å². The first-order valence-electron chi connectivity index (χ1n) is 10.2. The summed E-state index contributed by atoms with van der Waals surface area (Å²) < 4.78 is 5.69. The van der Waals surface area contributed by atoms with Crippen LogP contribution in [-0.2, 0) is 4.74 Å². The minimum absolute atomic E-state index is 0.0457. The zero-order chi connectivity index (χ0) is 23.5. The highest BCUT2D eigenvalue weighted by Crippen LogP contribution is 2.22. The standard InChI is InChI=1S/C21H15NOS.C7H6OS/c22-15-20(18-9-5-2-6-10-18)23-21(24)19-13-11-17(12-14-19)16-7-3-1-4-8-16;8-7(9)6-4-2-1-3-5-6/h1-14,20H;1-5H,(H,8,9). The number of thiocarbonyl (C=S) groups is 2. The van der Waals surface area contributed by atoms with Crippen molar-refractivity contribution in [2.45, 2.75) is 6.10 Å². The third-order valence-electron chi connectivity index (χ3n) is 4.69. The van der Waals surface area contributed by atoms with Crippen molar-refractivity contribution in [3.8, 4) is 17.2 Å². The Morgan fingerprint density at radius 3 is 1.64 bits per heavy atom. The molecule has 1 N–H and O–H groups in total. The lowest BCUT2D eigenvalue weighted by Crippen LogP contribution is -2.09. The molecule has 3 nitrogen and oxygen atoms in total. The summed E-state index contributed by atoms with van der Waals surface area (Å²) >= 11 is 9.87. The van der Waals surface area contributed by atoms with Crippen molar-refractivity contribution in [2.75, 3.05) is 0 Å². The number of hydrogen-bond donors (Lipinski definition) is 1. The SMILES string of the molecule is N#CC(OC(=S)c1ccc(-c2ccccc2)cc1)c1ccccc1.OC(=S)c1ccccc1. The predicted octanol–water partition coefficient (Wildman–Crippen LogP) is 7.23. The van der Waals surface area contributed by atoms with Gasteiger partial charge in [0.1, 0.15) is 6.07 Å². The maximum atomic E-state index is 9.33. The van der Waals surface area contributed by atoms with E-state index in [2.05, 4.69) is 30.4 Å². The highest BCUT2D eigenvalue weighted by Gasteiger charge is 2.14. The highest BCUT2D eigenvalue weighted by molar-refractivity contribution is 7.80. The molecule has 0 saturated heterocycles. The smallest absolute Gasteiger partial charge is 0.210 e. The predicted molar refractivity (Wildman–Crippen MR) is 140 cm³/mol. The average molecular weight is 468 g/mol. The van der Waals surface area contributed by atoms with Gasteiger partial charge in [-0.25, -0.2) is 0 Å². The van der Waals surface area contributed by atoms with Crippen LogP contribution in [0.15, 0.2) is 115 Å². The van der Waals surface area contributed by atoms with E-state index in [0.717, 1.165) is 22.3 Å². The van der Waals surface area contributed by atoms with Crippen LogP contribution in [0.2, 0.25) is 0 Å². The van der Waals surface area contributed by atoms with E-state index in [1.807, 2.05) is 91.0 Å². The number of nitriles is 1. The Morgan fingerprint density at radius 1 is 0.667 bits per heavy atom. The highest BCUT2D eigenvalue weighted by atomic mass is 32.1. The number of nitrogens with zero attached hydrogens (tertiary/aromatic N) is 1. The van der Waals surface area contributed by atoms with Crippen LogP contribution < -0.4 is 0 Å². The molecule has 0 radical (unpaired) electrons. The molecule has 0 fully saturated rings. The molecule has 0 aliphatic rings. The van der Waals surface area contributed by atoms with Gasteiger partial charge >= 0.3 is 0 Å². The van der Waals surface area contributed by atoms with Crippen molar-refractivity contribution < 1.29 is 9.84 Å². The molecular weight excluding hydrogens is 446 g/mol. The fourth-order valence-electron chi connectivity index (χ4n) is 2.98. The molecule has 4 rings (SSSR count). The van der Waals surface area contributed by atoms with E-state index < -0.39 is 6.10 Å². The van der Waals surface area contributed by atoms with Gasteiger partial charge in [-0.2, -0.15) is 5.26 Å². The Kier molecular flexibility index (Phi) is 8.84. The molecule has 0 aliphatic heterocycles. The molecule has 0 aliphatic carbocycles. The maximum Gasteiger partial charge on any atom is 0.210 e. The number of ether oxygens (including phenoxy) is 1. The summed E-state index contributed by atoms with van der Waals surface area (Å²) in [5, 5.41) is 18.4. The fraction of sp³-hybridized carbons (Fsp3) is 0.0357. The second-order valence-electron chi connectivity index (χ2n) is 6.94. The third-order valence-corrected chi connectivity index (χ3v) is 5.26. The van der Waals surface area contributed by atoms with Gasteiger partial charge in [-0.15, -0.1) is 0 Å². The van der Waals surface area contributed by atoms with E-state index in [1.54, 1.807) is 12.1 Å². The van der Waals surface area contributed by atoms with Crippen LogP contribution in [-0.4, -0.2) is 15.2 Å². The number of aliphatic hydroxyl groups excluding tert-OH is 1. The van der Waals surface area contributed by atoms with Crippen LogP contribution in [0.5, 0.6) is 0 Å². The molecule has 162 valence electrons. The number of aliphatic hydroxyl groups is 1. The third kappa shape index (κ3) is 7.08. The molecule has 1 atom stereocenters. The molecule has 0 spiro atoms. The van der Waals surface area contributed by atoms with E-state index in [4.69, 9.17) is 22.1 Å². The molecule has 5 heteroatoms. The van der Waals surface area contributed by atoms with Gasteiger partial charge in [-0.05, 0) is 47.7 Å². The maximum absolute atomic E-state index is 9.33. The van der Waals surface area contributed by atoms with E-state index in [1.165, 1.54) is 0 Å². The van der Waals surface area contributed by atoms with Crippen molar-refractivity contribution in [2.24, 2.45) is 0 Å². The molecule has 0 saturated carbocycles. The van der Waals surface area contributed by atoms with Gasteiger partial charge in [0.15, 0.2) is 10.1 Å². The van der Waals surface area contributed by atoms with E-state index >= 15 is 0 Å². The van der Waals surface area contributed by atoms with Crippen LogP contribution in [0, 0.1) is 11.3 Å². The van der Waals surface area contributed by atoms with Gasteiger partial charge in [0.25, 0.3) is 0 Å². The molecule has 0 bridgehead atoms. The molecule has 33 heavy (non-hydrogen) atoms. The van der Waals surface area contributed by atoms with Crippen molar-refractivity contribution in [3.63, 3.8) is 0 Å². The first-order valence-corrected chi connectivity index (χ1v) is 11.0. The van der Waals surface area contributed by atoms with Gasteiger partial charge in [-0.1, -0.05) is 103 Å².